The van der Waals surface area contributed by atoms with Crippen LogP contribution in [0.4, 0.5) is 24.5 Å². The normalized spacial score (nSPS) is 11.9. The molecule has 2 rings (SSSR count). The third-order valence-corrected chi connectivity index (χ3v) is 5.63. The van der Waals surface area contributed by atoms with Crippen LogP contribution in [0.3, 0.4) is 0 Å². The van der Waals surface area contributed by atoms with Crippen molar-refractivity contribution in [2.75, 3.05) is 22.4 Å². The summed E-state index contributed by atoms with van der Waals surface area (Å²) in [5.74, 6) is -0.565. The van der Waals surface area contributed by atoms with Gasteiger partial charge in [-0.05, 0) is 43.2 Å². The van der Waals surface area contributed by atoms with Crippen molar-refractivity contribution in [2.45, 2.75) is 25.9 Å². The van der Waals surface area contributed by atoms with E-state index in [-0.39, 0.29) is 30.1 Å². The molecule has 0 aliphatic rings. The Morgan fingerprint density at radius 3 is 2.41 bits per heavy atom. The van der Waals surface area contributed by atoms with Gasteiger partial charge >= 0.3 is 6.18 Å². The summed E-state index contributed by atoms with van der Waals surface area (Å²) in [5.41, 5.74) is 0.194. The molecule has 0 atom stereocenters. The number of aryl methyl sites for hydroxylation is 1. The van der Waals surface area contributed by atoms with Gasteiger partial charge in [0.25, 0.3) is 0 Å². The highest BCUT2D eigenvalue weighted by atomic mass is 35.5. The van der Waals surface area contributed by atoms with E-state index >= 15 is 0 Å². The largest absolute Gasteiger partial charge is 0.416 e. The quantitative estimate of drug-likeness (QED) is 0.658. The average molecular weight is 449 g/mol. The lowest BCUT2D eigenvalue weighted by Gasteiger charge is -2.24. The Morgan fingerprint density at radius 2 is 1.83 bits per heavy atom. The minimum absolute atomic E-state index is 0.0241. The summed E-state index contributed by atoms with van der Waals surface area (Å²) in [7, 11) is -3.57. The predicted octanol–water partition coefficient (Wildman–Crippen LogP) is 4.85. The zero-order valence-corrected chi connectivity index (χ0v) is 17.3. The fourth-order valence-corrected chi connectivity index (χ4v) is 3.89. The molecule has 0 aliphatic heterocycles. The van der Waals surface area contributed by atoms with Crippen LogP contribution < -0.4 is 9.62 Å². The zero-order valence-electron chi connectivity index (χ0n) is 15.8. The molecule has 0 aliphatic carbocycles. The van der Waals surface area contributed by atoms with E-state index in [0.29, 0.717) is 5.69 Å². The van der Waals surface area contributed by atoms with Gasteiger partial charge in [-0.25, -0.2) is 8.42 Å². The van der Waals surface area contributed by atoms with Gasteiger partial charge in [0.2, 0.25) is 15.9 Å². The van der Waals surface area contributed by atoms with Crippen molar-refractivity contribution < 1.29 is 26.4 Å². The molecule has 0 saturated heterocycles. The third-order valence-electron chi connectivity index (χ3n) is 4.12. The highest BCUT2D eigenvalue weighted by Crippen LogP contribution is 2.34. The lowest BCUT2D eigenvalue weighted by Crippen LogP contribution is -2.32. The van der Waals surface area contributed by atoms with E-state index in [9.17, 15) is 26.4 Å². The molecule has 158 valence electrons. The van der Waals surface area contributed by atoms with Gasteiger partial charge in [0.1, 0.15) is 0 Å². The fourth-order valence-electron chi connectivity index (χ4n) is 2.70. The monoisotopic (exact) mass is 448 g/mol. The van der Waals surface area contributed by atoms with E-state index in [4.69, 9.17) is 11.6 Å². The van der Waals surface area contributed by atoms with Crippen LogP contribution >= 0.6 is 11.6 Å². The van der Waals surface area contributed by atoms with Crippen LogP contribution in [0.25, 0.3) is 0 Å². The van der Waals surface area contributed by atoms with Gasteiger partial charge in [-0.15, -0.1) is 0 Å². The van der Waals surface area contributed by atoms with Crippen LogP contribution in [0, 0.1) is 6.92 Å². The summed E-state index contributed by atoms with van der Waals surface area (Å²) in [6, 6.07) is 9.58. The maximum absolute atomic E-state index is 12.8. The van der Waals surface area contributed by atoms with Crippen molar-refractivity contribution in [3.05, 3.63) is 58.6 Å². The van der Waals surface area contributed by atoms with Crippen LogP contribution in [-0.2, 0) is 21.0 Å². The summed E-state index contributed by atoms with van der Waals surface area (Å²) in [6.45, 7) is 1.82. The SMILES string of the molecule is Cc1ccccc1N(CCCC(=O)Nc1cc(C(F)(F)F)ccc1Cl)S(C)(=O)=O. The molecular weight excluding hydrogens is 429 g/mol. The minimum Gasteiger partial charge on any atom is -0.325 e. The number of para-hydroxylation sites is 1. The molecule has 2 aromatic rings. The standard InChI is InChI=1S/C19H20ClF3N2O3S/c1-13-6-3-4-7-17(13)25(29(2,27)28)11-5-8-18(26)24-16-12-14(19(21,22)23)9-10-15(16)20/h3-4,6-7,9-10,12H,5,8,11H2,1-2H3,(H,24,26). The maximum Gasteiger partial charge on any atom is 0.416 e. The summed E-state index contributed by atoms with van der Waals surface area (Å²) >= 11 is 5.86. The number of nitrogens with one attached hydrogen (secondary N) is 1. The highest BCUT2D eigenvalue weighted by molar-refractivity contribution is 7.92. The van der Waals surface area contributed by atoms with Crippen LogP contribution in [0.1, 0.15) is 24.0 Å². The Bertz CT molecular complexity index is 994. The van der Waals surface area contributed by atoms with E-state index in [1.807, 2.05) is 0 Å². The molecule has 0 heterocycles. The van der Waals surface area contributed by atoms with Gasteiger partial charge in [0, 0.05) is 13.0 Å². The molecule has 0 aromatic heterocycles. The van der Waals surface area contributed by atoms with Gasteiger partial charge in [-0.1, -0.05) is 29.8 Å². The van der Waals surface area contributed by atoms with Gasteiger partial charge < -0.3 is 5.32 Å². The Morgan fingerprint density at radius 1 is 1.17 bits per heavy atom. The Labute approximate surface area is 172 Å². The van der Waals surface area contributed by atoms with E-state index in [0.717, 1.165) is 30.0 Å². The second-order valence-electron chi connectivity index (χ2n) is 6.47. The summed E-state index contributed by atoms with van der Waals surface area (Å²) in [5, 5.41) is 2.32. The molecule has 0 spiro atoms. The first-order valence-electron chi connectivity index (χ1n) is 8.59. The number of benzene rings is 2. The number of hydrogen-bond acceptors (Lipinski definition) is 3. The van der Waals surface area contributed by atoms with Gasteiger partial charge in [-0.2, -0.15) is 13.2 Å². The molecule has 1 amide bonds. The Balaban J connectivity index is 2.04. The molecule has 1 N–H and O–H groups in total. The number of carbonyl (C=O) groups is 1. The fraction of sp³-hybridized carbons (Fsp3) is 0.316. The number of carbonyl (C=O) groups excluding carboxylic acids is 1. The molecule has 0 fully saturated rings. The van der Waals surface area contributed by atoms with Crippen LogP contribution in [0.15, 0.2) is 42.5 Å². The van der Waals surface area contributed by atoms with Gasteiger partial charge in [0.05, 0.1) is 28.2 Å². The smallest absolute Gasteiger partial charge is 0.325 e. The van der Waals surface area contributed by atoms with Crippen molar-refractivity contribution >= 4 is 38.9 Å². The van der Waals surface area contributed by atoms with Crippen molar-refractivity contribution in [1.29, 1.82) is 0 Å². The number of anilines is 2. The Hall–Kier alpha value is -2.26. The van der Waals surface area contributed by atoms with Crippen molar-refractivity contribution in [3.63, 3.8) is 0 Å². The van der Waals surface area contributed by atoms with E-state index in [1.54, 1.807) is 31.2 Å². The first kappa shape index (κ1) is 23.0. The molecule has 5 nitrogen and oxygen atoms in total. The van der Waals surface area contributed by atoms with E-state index in [1.165, 1.54) is 4.31 Å². The number of rotatable bonds is 7. The second-order valence-corrected chi connectivity index (χ2v) is 8.78. The zero-order chi connectivity index (χ0) is 21.8. The van der Waals surface area contributed by atoms with Gasteiger partial charge in [0.15, 0.2) is 0 Å². The van der Waals surface area contributed by atoms with E-state index in [2.05, 4.69) is 5.32 Å². The average Bonchev–Trinajstić information content (AvgIpc) is 2.59. The molecule has 29 heavy (non-hydrogen) atoms. The number of halogens is 4. The van der Waals surface area contributed by atoms with Crippen molar-refractivity contribution in [3.8, 4) is 0 Å². The van der Waals surface area contributed by atoms with Crippen LogP contribution in [-0.4, -0.2) is 27.1 Å². The molecule has 10 heteroatoms. The first-order chi connectivity index (χ1) is 13.4. The van der Waals surface area contributed by atoms with Crippen molar-refractivity contribution in [2.24, 2.45) is 0 Å². The molecule has 0 saturated carbocycles. The summed E-state index contributed by atoms with van der Waals surface area (Å²) in [4.78, 5) is 12.1. The maximum atomic E-state index is 12.8. The number of sulfonamides is 1. The Kier molecular flexibility index (Phi) is 7.18. The lowest BCUT2D eigenvalue weighted by atomic mass is 10.2. The lowest BCUT2D eigenvalue weighted by molar-refractivity contribution is -0.137. The van der Waals surface area contributed by atoms with Crippen molar-refractivity contribution in [1.82, 2.24) is 0 Å². The molecule has 0 unspecified atom stereocenters. The topological polar surface area (TPSA) is 66.5 Å². The van der Waals surface area contributed by atoms with E-state index < -0.39 is 27.7 Å². The minimum atomic E-state index is -4.56. The number of nitrogens with zero attached hydrogens (tertiary/aromatic N) is 1. The second kappa shape index (κ2) is 9.04. The molecule has 0 radical (unpaired) electrons. The number of hydrogen-bond donors (Lipinski definition) is 1. The highest BCUT2D eigenvalue weighted by Gasteiger charge is 2.31. The number of amides is 1. The summed E-state index contributed by atoms with van der Waals surface area (Å²) in [6.07, 6.45) is -3.41. The third kappa shape index (κ3) is 6.37. The molecular formula is C19H20ClF3N2O3S. The van der Waals surface area contributed by atoms with Crippen LogP contribution in [0.2, 0.25) is 5.02 Å². The molecule has 2 aromatic carbocycles. The summed E-state index contributed by atoms with van der Waals surface area (Å²) < 4.78 is 63.9. The first-order valence-corrected chi connectivity index (χ1v) is 10.8. The predicted molar refractivity (Wildman–Crippen MR) is 108 cm³/mol. The molecule has 0 bridgehead atoms. The van der Waals surface area contributed by atoms with Crippen LogP contribution in [0.5, 0.6) is 0 Å². The van der Waals surface area contributed by atoms with Gasteiger partial charge in [-0.3, -0.25) is 9.10 Å². The number of alkyl halides is 3.